The Labute approximate surface area is 117 Å². The Morgan fingerprint density at radius 1 is 1.45 bits per heavy atom. The second kappa shape index (κ2) is 6.21. The summed E-state index contributed by atoms with van der Waals surface area (Å²) in [6.45, 7) is 2.33. The molecule has 1 amide bonds. The maximum absolute atomic E-state index is 12.0. The molecular weight excluding hydrogens is 256 g/mol. The number of nitrogens with zero attached hydrogens (tertiary/aromatic N) is 2. The number of hydrogen-bond donors (Lipinski definition) is 2. The number of para-hydroxylation sites is 2. The number of hydrogen-bond acceptors (Lipinski definition) is 4. The highest BCUT2D eigenvalue weighted by molar-refractivity contribution is 5.92. The number of anilines is 1. The average Bonchev–Trinajstić information content (AvgIpc) is 2.89. The first kappa shape index (κ1) is 14.1. The highest BCUT2D eigenvalue weighted by atomic mass is 16.5. The van der Waals surface area contributed by atoms with E-state index in [1.54, 1.807) is 30.1 Å². The van der Waals surface area contributed by atoms with Crippen LogP contribution in [-0.2, 0) is 4.74 Å². The van der Waals surface area contributed by atoms with Crippen molar-refractivity contribution in [2.24, 2.45) is 0 Å². The summed E-state index contributed by atoms with van der Waals surface area (Å²) in [6, 6.07) is 8.94. The molecule has 20 heavy (non-hydrogen) atoms. The van der Waals surface area contributed by atoms with Crippen LogP contribution in [0.15, 0.2) is 36.5 Å². The molecule has 0 aliphatic heterocycles. The van der Waals surface area contributed by atoms with Crippen molar-refractivity contribution in [2.45, 2.75) is 13.0 Å². The third-order valence-corrected chi connectivity index (χ3v) is 2.80. The fourth-order valence-corrected chi connectivity index (χ4v) is 1.86. The van der Waals surface area contributed by atoms with Crippen molar-refractivity contribution in [2.75, 3.05) is 19.5 Å². The minimum atomic E-state index is -0.234. The molecule has 0 spiro atoms. The van der Waals surface area contributed by atoms with Gasteiger partial charge >= 0.3 is 0 Å². The van der Waals surface area contributed by atoms with Gasteiger partial charge in [0.15, 0.2) is 5.69 Å². The van der Waals surface area contributed by atoms with Gasteiger partial charge in [-0.3, -0.25) is 4.79 Å². The summed E-state index contributed by atoms with van der Waals surface area (Å²) >= 11 is 0. The predicted molar refractivity (Wildman–Crippen MR) is 76.8 cm³/mol. The van der Waals surface area contributed by atoms with Crippen LogP contribution in [0.1, 0.15) is 17.4 Å². The molecule has 0 fully saturated rings. The van der Waals surface area contributed by atoms with Crippen molar-refractivity contribution < 1.29 is 9.53 Å². The molecule has 0 aliphatic rings. The van der Waals surface area contributed by atoms with Gasteiger partial charge in [-0.2, -0.15) is 5.10 Å². The standard InChI is InChI=1S/C14H18N4O2/c1-10(9-20-2)16-14(19)12-7-8-18(17-12)13-6-4-3-5-11(13)15/h3-8,10H,9,15H2,1-2H3,(H,16,19). The third kappa shape index (κ3) is 3.16. The molecule has 0 bridgehead atoms. The Hall–Kier alpha value is -2.34. The van der Waals surface area contributed by atoms with Crippen LogP contribution >= 0.6 is 0 Å². The lowest BCUT2D eigenvalue weighted by Gasteiger charge is -2.11. The summed E-state index contributed by atoms with van der Waals surface area (Å²) in [5, 5.41) is 7.04. The fraction of sp³-hybridized carbons (Fsp3) is 0.286. The van der Waals surface area contributed by atoms with Crippen LogP contribution in [0.25, 0.3) is 5.69 Å². The van der Waals surface area contributed by atoms with E-state index in [1.807, 2.05) is 25.1 Å². The first-order valence-electron chi connectivity index (χ1n) is 6.32. The molecule has 0 radical (unpaired) electrons. The molecule has 1 aromatic carbocycles. The minimum Gasteiger partial charge on any atom is -0.397 e. The average molecular weight is 274 g/mol. The molecule has 1 unspecified atom stereocenters. The number of methoxy groups -OCH3 is 1. The van der Waals surface area contributed by atoms with E-state index >= 15 is 0 Å². The summed E-state index contributed by atoms with van der Waals surface area (Å²) < 4.78 is 6.56. The van der Waals surface area contributed by atoms with Crippen LogP contribution in [0.5, 0.6) is 0 Å². The maximum Gasteiger partial charge on any atom is 0.272 e. The monoisotopic (exact) mass is 274 g/mol. The SMILES string of the molecule is COCC(C)NC(=O)c1ccn(-c2ccccc2N)n1. The van der Waals surface area contributed by atoms with Crippen molar-refractivity contribution >= 4 is 11.6 Å². The molecule has 106 valence electrons. The van der Waals surface area contributed by atoms with Gasteiger partial charge < -0.3 is 15.8 Å². The van der Waals surface area contributed by atoms with Crippen molar-refractivity contribution in [1.29, 1.82) is 0 Å². The Balaban J connectivity index is 2.13. The third-order valence-electron chi connectivity index (χ3n) is 2.80. The van der Waals surface area contributed by atoms with Gasteiger partial charge in [0, 0.05) is 19.3 Å². The normalized spacial score (nSPS) is 12.1. The summed E-state index contributed by atoms with van der Waals surface area (Å²) in [5.41, 5.74) is 7.58. The molecule has 2 aromatic rings. The summed E-state index contributed by atoms with van der Waals surface area (Å²) in [4.78, 5) is 12.0. The number of rotatable bonds is 5. The molecule has 1 aromatic heterocycles. The molecule has 2 rings (SSSR count). The predicted octanol–water partition coefficient (Wildman–Crippen LogP) is 1.22. The zero-order valence-electron chi connectivity index (χ0n) is 11.5. The van der Waals surface area contributed by atoms with E-state index in [0.717, 1.165) is 5.69 Å². The first-order valence-corrected chi connectivity index (χ1v) is 6.32. The number of nitrogen functional groups attached to an aromatic ring is 1. The molecule has 0 saturated carbocycles. The Kier molecular flexibility index (Phi) is 4.37. The van der Waals surface area contributed by atoms with E-state index in [9.17, 15) is 4.79 Å². The van der Waals surface area contributed by atoms with E-state index in [-0.39, 0.29) is 11.9 Å². The number of carbonyl (C=O) groups is 1. The topological polar surface area (TPSA) is 82.2 Å². The molecular formula is C14H18N4O2. The number of carbonyl (C=O) groups excluding carboxylic acids is 1. The molecule has 6 nitrogen and oxygen atoms in total. The van der Waals surface area contributed by atoms with Crippen LogP contribution in [0, 0.1) is 0 Å². The molecule has 0 aliphatic carbocycles. The van der Waals surface area contributed by atoms with Crippen LogP contribution in [0.2, 0.25) is 0 Å². The fourth-order valence-electron chi connectivity index (χ4n) is 1.86. The number of amides is 1. The van der Waals surface area contributed by atoms with E-state index in [0.29, 0.717) is 18.0 Å². The van der Waals surface area contributed by atoms with Gasteiger partial charge in [0.25, 0.3) is 5.91 Å². The number of benzene rings is 1. The van der Waals surface area contributed by atoms with Gasteiger partial charge in [0.1, 0.15) is 0 Å². The lowest BCUT2D eigenvalue weighted by atomic mass is 10.3. The molecule has 1 atom stereocenters. The van der Waals surface area contributed by atoms with Crippen molar-refractivity contribution in [1.82, 2.24) is 15.1 Å². The van der Waals surface area contributed by atoms with Gasteiger partial charge in [-0.15, -0.1) is 0 Å². The molecule has 0 saturated heterocycles. The van der Waals surface area contributed by atoms with E-state index in [1.165, 1.54) is 0 Å². The number of aromatic nitrogens is 2. The first-order chi connectivity index (χ1) is 9.61. The van der Waals surface area contributed by atoms with Crippen LogP contribution in [-0.4, -0.2) is 35.4 Å². The quantitative estimate of drug-likeness (QED) is 0.803. The van der Waals surface area contributed by atoms with E-state index in [2.05, 4.69) is 10.4 Å². The Morgan fingerprint density at radius 3 is 2.90 bits per heavy atom. The maximum atomic E-state index is 12.0. The van der Waals surface area contributed by atoms with Crippen molar-refractivity contribution in [3.05, 3.63) is 42.2 Å². The van der Waals surface area contributed by atoms with Gasteiger partial charge in [-0.25, -0.2) is 4.68 Å². The van der Waals surface area contributed by atoms with Crippen LogP contribution < -0.4 is 11.1 Å². The van der Waals surface area contributed by atoms with Gasteiger partial charge in [0.05, 0.1) is 18.0 Å². The second-order valence-electron chi connectivity index (χ2n) is 4.53. The Bertz CT molecular complexity index is 594. The van der Waals surface area contributed by atoms with Gasteiger partial charge in [-0.1, -0.05) is 12.1 Å². The number of nitrogens with one attached hydrogen (secondary N) is 1. The van der Waals surface area contributed by atoms with Crippen LogP contribution in [0.3, 0.4) is 0 Å². The molecule has 3 N–H and O–H groups in total. The lowest BCUT2D eigenvalue weighted by Crippen LogP contribution is -2.35. The zero-order valence-corrected chi connectivity index (χ0v) is 11.5. The summed E-state index contributed by atoms with van der Waals surface area (Å²) in [5.74, 6) is -0.234. The largest absolute Gasteiger partial charge is 0.397 e. The van der Waals surface area contributed by atoms with Gasteiger partial charge in [-0.05, 0) is 25.1 Å². The summed E-state index contributed by atoms with van der Waals surface area (Å²) in [7, 11) is 1.59. The van der Waals surface area contributed by atoms with E-state index in [4.69, 9.17) is 10.5 Å². The second-order valence-corrected chi connectivity index (χ2v) is 4.53. The number of nitrogens with two attached hydrogens (primary N) is 1. The summed E-state index contributed by atoms with van der Waals surface area (Å²) in [6.07, 6.45) is 1.71. The Morgan fingerprint density at radius 2 is 2.20 bits per heavy atom. The zero-order chi connectivity index (χ0) is 14.5. The smallest absolute Gasteiger partial charge is 0.272 e. The van der Waals surface area contributed by atoms with E-state index < -0.39 is 0 Å². The highest BCUT2D eigenvalue weighted by Crippen LogP contribution is 2.15. The highest BCUT2D eigenvalue weighted by Gasteiger charge is 2.13. The molecule has 6 heteroatoms. The van der Waals surface area contributed by atoms with Crippen LogP contribution in [0.4, 0.5) is 5.69 Å². The molecule has 1 heterocycles. The number of ether oxygens (including phenoxy) is 1. The minimum absolute atomic E-state index is 0.0700. The lowest BCUT2D eigenvalue weighted by molar-refractivity contribution is 0.0900. The van der Waals surface area contributed by atoms with Crippen molar-refractivity contribution in [3.8, 4) is 5.69 Å². The van der Waals surface area contributed by atoms with Crippen molar-refractivity contribution in [3.63, 3.8) is 0 Å². The van der Waals surface area contributed by atoms with Gasteiger partial charge in [0.2, 0.25) is 0 Å².